The van der Waals surface area contributed by atoms with E-state index >= 15 is 0 Å². The molecule has 0 atom stereocenters. The lowest BCUT2D eigenvalue weighted by atomic mass is 10.2. The van der Waals surface area contributed by atoms with Crippen molar-refractivity contribution in [3.05, 3.63) is 23.8 Å². The van der Waals surface area contributed by atoms with Crippen molar-refractivity contribution in [1.82, 2.24) is 5.32 Å². The molecule has 0 fully saturated rings. The fourth-order valence-electron chi connectivity index (χ4n) is 1.34. The molecule has 0 heterocycles. The summed E-state index contributed by atoms with van der Waals surface area (Å²) in [6.45, 7) is 4.46. The van der Waals surface area contributed by atoms with E-state index in [9.17, 15) is 4.79 Å². The van der Waals surface area contributed by atoms with E-state index in [4.69, 9.17) is 9.47 Å². The van der Waals surface area contributed by atoms with E-state index in [2.05, 4.69) is 5.32 Å². The number of carbonyl (C=O) groups excluding carboxylic acids is 1. The lowest BCUT2D eigenvalue weighted by Gasteiger charge is -2.09. The molecule has 1 N–H and O–H groups in total. The molecule has 0 unspecified atom stereocenters. The third kappa shape index (κ3) is 3.46. The summed E-state index contributed by atoms with van der Waals surface area (Å²) >= 11 is 0. The third-order valence-electron chi connectivity index (χ3n) is 2.11. The van der Waals surface area contributed by atoms with Crippen molar-refractivity contribution < 1.29 is 14.3 Å². The molecule has 4 heteroatoms. The number of amides is 1. The Kier molecular flexibility index (Phi) is 4.64. The van der Waals surface area contributed by atoms with Crippen molar-refractivity contribution in [3.63, 3.8) is 0 Å². The molecular formula is C12H17NO3. The van der Waals surface area contributed by atoms with Gasteiger partial charge >= 0.3 is 0 Å². The normalized spacial score (nSPS) is 9.69. The molecule has 1 aromatic carbocycles. The molecule has 0 saturated heterocycles. The molecule has 1 amide bonds. The van der Waals surface area contributed by atoms with Crippen LogP contribution >= 0.6 is 0 Å². The van der Waals surface area contributed by atoms with Crippen LogP contribution < -0.4 is 14.8 Å². The van der Waals surface area contributed by atoms with Crippen LogP contribution in [0.3, 0.4) is 0 Å². The third-order valence-corrected chi connectivity index (χ3v) is 2.11. The number of ether oxygens (including phenoxy) is 2. The average molecular weight is 223 g/mol. The molecule has 0 spiro atoms. The highest BCUT2D eigenvalue weighted by molar-refractivity contribution is 5.77. The molecule has 4 nitrogen and oxygen atoms in total. The second-order valence-corrected chi connectivity index (χ2v) is 3.37. The quantitative estimate of drug-likeness (QED) is 0.823. The number of hydrogen-bond acceptors (Lipinski definition) is 3. The number of benzene rings is 1. The molecule has 1 aromatic rings. The van der Waals surface area contributed by atoms with Crippen molar-refractivity contribution in [2.75, 3.05) is 20.3 Å². The summed E-state index contributed by atoms with van der Waals surface area (Å²) in [6.07, 6.45) is 0. The molecule has 0 aliphatic carbocycles. The molecule has 88 valence electrons. The van der Waals surface area contributed by atoms with Gasteiger partial charge in [-0.2, -0.15) is 0 Å². The fourth-order valence-corrected chi connectivity index (χ4v) is 1.34. The Labute approximate surface area is 95.6 Å². The van der Waals surface area contributed by atoms with Gasteiger partial charge in [-0.15, -0.1) is 0 Å². The Morgan fingerprint density at radius 3 is 2.75 bits per heavy atom. The maximum absolute atomic E-state index is 11.2. The highest BCUT2D eigenvalue weighted by atomic mass is 16.5. The van der Waals surface area contributed by atoms with Crippen LogP contribution in [0, 0.1) is 6.92 Å². The van der Waals surface area contributed by atoms with Gasteiger partial charge in [0.25, 0.3) is 5.91 Å². The first-order valence-corrected chi connectivity index (χ1v) is 5.21. The molecule has 1 rings (SSSR count). The van der Waals surface area contributed by atoms with Gasteiger partial charge in [-0.3, -0.25) is 4.79 Å². The standard InChI is InChI=1S/C12H17NO3/c1-4-13-12(14)8-16-10-5-6-11(15-3)9(2)7-10/h5-7H,4,8H2,1-3H3,(H,13,14). The zero-order valence-electron chi connectivity index (χ0n) is 9.87. The summed E-state index contributed by atoms with van der Waals surface area (Å²) in [7, 11) is 1.62. The van der Waals surface area contributed by atoms with Gasteiger partial charge in [-0.05, 0) is 37.6 Å². The molecule has 0 aromatic heterocycles. The van der Waals surface area contributed by atoms with Crippen molar-refractivity contribution in [2.24, 2.45) is 0 Å². The Morgan fingerprint density at radius 1 is 1.44 bits per heavy atom. The summed E-state index contributed by atoms with van der Waals surface area (Å²) in [5.74, 6) is 1.37. The lowest BCUT2D eigenvalue weighted by Crippen LogP contribution is -2.28. The fraction of sp³-hybridized carbons (Fsp3) is 0.417. The minimum Gasteiger partial charge on any atom is -0.496 e. The molecule has 0 aliphatic heterocycles. The van der Waals surface area contributed by atoms with Crippen molar-refractivity contribution in [1.29, 1.82) is 0 Å². The van der Waals surface area contributed by atoms with Gasteiger partial charge in [0.05, 0.1) is 7.11 Å². The predicted molar refractivity (Wildman–Crippen MR) is 61.9 cm³/mol. The first kappa shape index (κ1) is 12.4. The van der Waals surface area contributed by atoms with Crippen LogP contribution in [0.1, 0.15) is 12.5 Å². The number of hydrogen-bond donors (Lipinski definition) is 1. The van der Waals surface area contributed by atoms with E-state index in [0.29, 0.717) is 12.3 Å². The van der Waals surface area contributed by atoms with Gasteiger partial charge in [-0.25, -0.2) is 0 Å². The summed E-state index contributed by atoms with van der Waals surface area (Å²) < 4.78 is 10.5. The van der Waals surface area contributed by atoms with Crippen LogP contribution in [-0.2, 0) is 4.79 Å². The zero-order chi connectivity index (χ0) is 12.0. The van der Waals surface area contributed by atoms with Gasteiger partial charge < -0.3 is 14.8 Å². The first-order chi connectivity index (χ1) is 7.67. The maximum Gasteiger partial charge on any atom is 0.257 e. The Balaban J connectivity index is 2.55. The van der Waals surface area contributed by atoms with E-state index in [1.54, 1.807) is 13.2 Å². The SMILES string of the molecule is CCNC(=O)COc1ccc(OC)c(C)c1. The number of nitrogens with one attached hydrogen (secondary N) is 1. The van der Waals surface area contributed by atoms with Crippen LogP contribution in [-0.4, -0.2) is 26.2 Å². The van der Waals surface area contributed by atoms with Crippen molar-refractivity contribution in [3.8, 4) is 11.5 Å². The smallest absolute Gasteiger partial charge is 0.257 e. The molecular weight excluding hydrogens is 206 g/mol. The van der Waals surface area contributed by atoms with Crippen LogP contribution in [0.25, 0.3) is 0 Å². The molecule has 0 radical (unpaired) electrons. The van der Waals surface area contributed by atoms with Gasteiger partial charge in [0.2, 0.25) is 0 Å². The number of likely N-dealkylation sites (N-methyl/N-ethyl adjacent to an activating group) is 1. The Morgan fingerprint density at radius 2 is 2.19 bits per heavy atom. The first-order valence-electron chi connectivity index (χ1n) is 5.21. The summed E-state index contributed by atoms with van der Waals surface area (Å²) in [6, 6.07) is 5.45. The van der Waals surface area contributed by atoms with E-state index in [1.807, 2.05) is 26.0 Å². The van der Waals surface area contributed by atoms with Crippen molar-refractivity contribution in [2.45, 2.75) is 13.8 Å². The number of aryl methyl sites for hydroxylation is 1. The molecule has 0 aliphatic rings. The van der Waals surface area contributed by atoms with Gasteiger partial charge in [0.1, 0.15) is 11.5 Å². The average Bonchev–Trinajstić information content (AvgIpc) is 2.27. The Bertz CT molecular complexity index is 363. The predicted octanol–water partition coefficient (Wildman–Crippen LogP) is 1.52. The van der Waals surface area contributed by atoms with E-state index in [1.165, 1.54) is 0 Å². The number of carbonyl (C=O) groups is 1. The molecule has 16 heavy (non-hydrogen) atoms. The monoisotopic (exact) mass is 223 g/mol. The minimum atomic E-state index is -0.115. The maximum atomic E-state index is 11.2. The Hall–Kier alpha value is -1.71. The van der Waals surface area contributed by atoms with Gasteiger partial charge in [-0.1, -0.05) is 0 Å². The topological polar surface area (TPSA) is 47.6 Å². The number of methoxy groups -OCH3 is 1. The van der Waals surface area contributed by atoms with Crippen LogP contribution in [0.15, 0.2) is 18.2 Å². The minimum absolute atomic E-state index is 0.0413. The highest BCUT2D eigenvalue weighted by Gasteiger charge is 2.03. The van der Waals surface area contributed by atoms with Gasteiger partial charge in [0.15, 0.2) is 6.61 Å². The summed E-state index contributed by atoms with van der Waals surface area (Å²) in [5.41, 5.74) is 0.982. The zero-order valence-corrected chi connectivity index (χ0v) is 9.87. The summed E-state index contributed by atoms with van der Waals surface area (Å²) in [5, 5.41) is 2.66. The summed E-state index contributed by atoms with van der Waals surface area (Å²) in [4.78, 5) is 11.2. The molecule has 0 saturated carbocycles. The largest absolute Gasteiger partial charge is 0.496 e. The molecule has 0 bridgehead atoms. The van der Waals surface area contributed by atoms with Crippen LogP contribution in [0.4, 0.5) is 0 Å². The number of rotatable bonds is 5. The van der Waals surface area contributed by atoms with E-state index in [0.717, 1.165) is 11.3 Å². The lowest BCUT2D eigenvalue weighted by molar-refractivity contribution is -0.122. The second kappa shape index (κ2) is 6.00. The van der Waals surface area contributed by atoms with Crippen LogP contribution in [0.2, 0.25) is 0 Å². The van der Waals surface area contributed by atoms with Crippen molar-refractivity contribution >= 4 is 5.91 Å². The van der Waals surface area contributed by atoms with Crippen LogP contribution in [0.5, 0.6) is 11.5 Å². The second-order valence-electron chi connectivity index (χ2n) is 3.37. The highest BCUT2D eigenvalue weighted by Crippen LogP contribution is 2.22. The van der Waals surface area contributed by atoms with E-state index in [-0.39, 0.29) is 12.5 Å². The van der Waals surface area contributed by atoms with E-state index < -0.39 is 0 Å². The van der Waals surface area contributed by atoms with Gasteiger partial charge in [0, 0.05) is 6.54 Å².